The molecular weight excluding hydrogens is 342 g/mol. The average molecular weight is 365 g/mol. The molecule has 0 atom stereocenters. The minimum absolute atomic E-state index is 0.0414. The van der Waals surface area contributed by atoms with E-state index in [9.17, 15) is 4.79 Å². The zero-order valence-corrected chi connectivity index (χ0v) is 15.7. The van der Waals surface area contributed by atoms with Crippen LogP contribution in [0.4, 0.5) is 5.69 Å². The van der Waals surface area contributed by atoms with Gasteiger partial charge in [0.15, 0.2) is 6.61 Å². The quantitative estimate of drug-likeness (QED) is 0.694. The number of nitrogens with one attached hydrogen (secondary N) is 1. The summed E-state index contributed by atoms with van der Waals surface area (Å²) in [6.45, 7) is 4.34. The number of aryl methyl sites for hydroxylation is 3. The Hall–Kier alpha value is -3.28. The summed E-state index contributed by atoms with van der Waals surface area (Å²) in [7, 11) is 1.92. The van der Waals surface area contributed by atoms with Gasteiger partial charge >= 0.3 is 0 Å². The molecule has 0 aliphatic carbocycles. The fraction of sp³-hybridized carbons (Fsp3) is 0.238. The van der Waals surface area contributed by atoms with E-state index in [4.69, 9.17) is 9.47 Å². The van der Waals surface area contributed by atoms with Gasteiger partial charge in [-0.25, -0.2) is 4.98 Å². The van der Waals surface area contributed by atoms with Crippen LogP contribution in [0.25, 0.3) is 0 Å². The van der Waals surface area contributed by atoms with Crippen LogP contribution >= 0.6 is 0 Å². The highest BCUT2D eigenvalue weighted by atomic mass is 16.5. The van der Waals surface area contributed by atoms with E-state index in [2.05, 4.69) is 16.4 Å². The van der Waals surface area contributed by atoms with Crippen LogP contribution < -0.4 is 14.8 Å². The molecule has 6 nitrogen and oxygen atoms in total. The Kier molecular flexibility index (Phi) is 5.76. The maximum absolute atomic E-state index is 12.1. The molecule has 0 aliphatic rings. The standard InChI is InChI=1S/C21H23N3O3/c1-15-10-16(2)12-19(11-15)27-14-21(25)23-17-4-6-18(7-5-17)26-13-20-22-8-9-24(20)3/h4-12H,13-14H2,1-3H3,(H,23,25). The minimum Gasteiger partial charge on any atom is -0.486 e. The average Bonchev–Trinajstić information content (AvgIpc) is 3.04. The lowest BCUT2D eigenvalue weighted by Crippen LogP contribution is -2.20. The van der Waals surface area contributed by atoms with Crippen LogP contribution in [0, 0.1) is 13.8 Å². The number of ether oxygens (including phenoxy) is 2. The van der Waals surface area contributed by atoms with Gasteiger partial charge in [0.25, 0.3) is 5.91 Å². The summed E-state index contributed by atoms with van der Waals surface area (Å²) in [4.78, 5) is 16.3. The number of rotatable bonds is 7. The highest BCUT2D eigenvalue weighted by Gasteiger charge is 2.06. The smallest absolute Gasteiger partial charge is 0.262 e. The molecule has 1 N–H and O–H groups in total. The number of carbonyl (C=O) groups is 1. The number of benzene rings is 2. The Balaban J connectivity index is 1.48. The van der Waals surface area contributed by atoms with Gasteiger partial charge in [-0.3, -0.25) is 4.79 Å². The SMILES string of the molecule is Cc1cc(C)cc(OCC(=O)Nc2ccc(OCc3nccn3C)cc2)c1. The maximum atomic E-state index is 12.1. The molecule has 1 aromatic heterocycles. The second-order valence-corrected chi connectivity index (χ2v) is 6.43. The molecule has 1 amide bonds. The fourth-order valence-electron chi connectivity index (χ4n) is 2.68. The predicted octanol–water partition coefficient (Wildman–Crippen LogP) is 3.63. The molecule has 3 aromatic rings. The monoisotopic (exact) mass is 365 g/mol. The Bertz CT molecular complexity index is 896. The number of imidazole rings is 1. The van der Waals surface area contributed by atoms with Crippen molar-refractivity contribution in [3.8, 4) is 11.5 Å². The molecule has 6 heteroatoms. The van der Waals surface area contributed by atoms with Gasteiger partial charge in [-0.15, -0.1) is 0 Å². The van der Waals surface area contributed by atoms with Crippen molar-refractivity contribution in [2.75, 3.05) is 11.9 Å². The molecule has 0 unspecified atom stereocenters. The Morgan fingerprint density at radius 1 is 1.04 bits per heavy atom. The summed E-state index contributed by atoms with van der Waals surface area (Å²) in [5.41, 5.74) is 2.89. The molecule has 140 valence electrons. The Morgan fingerprint density at radius 2 is 1.74 bits per heavy atom. The van der Waals surface area contributed by atoms with Crippen LogP contribution in [0.2, 0.25) is 0 Å². The first-order valence-electron chi connectivity index (χ1n) is 8.69. The molecule has 0 spiro atoms. The molecule has 27 heavy (non-hydrogen) atoms. The zero-order chi connectivity index (χ0) is 19.2. The lowest BCUT2D eigenvalue weighted by Gasteiger charge is -2.10. The van der Waals surface area contributed by atoms with Crippen LogP contribution in [-0.4, -0.2) is 22.1 Å². The van der Waals surface area contributed by atoms with Crippen LogP contribution in [0.3, 0.4) is 0 Å². The highest BCUT2D eigenvalue weighted by Crippen LogP contribution is 2.18. The van der Waals surface area contributed by atoms with Gasteiger partial charge in [-0.05, 0) is 61.4 Å². The van der Waals surface area contributed by atoms with E-state index >= 15 is 0 Å². The van der Waals surface area contributed by atoms with Crippen molar-refractivity contribution in [3.63, 3.8) is 0 Å². The summed E-state index contributed by atoms with van der Waals surface area (Å²) < 4.78 is 13.2. The first kappa shape index (κ1) is 18.5. The lowest BCUT2D eigenvalue weighted by molar-refractivity contribution is -0.118. The van der Waals surface area contributed by atoms with E-state index in [0.717, 1.165) is 17.0 Å². The Morgan fingerprint density at radius 3 is 2.37 bits per heavy atom. The van der Waals surface area contributed by atoms with Crippen molar-refractivity contribution in [2.24, 2.45) is 7.05 Å². The molecule has 0 fully saturated rings. The van der Waals surface area contributed by atoms with Crippen molar-refractivity contribution < 1.29 is 14.3 Å². The minimum atomic E-state index is -0.212. The van der Waals surface area contributed by atoms with Gasteiger partial charge in [-0.1, -0.05) is 6.07 Å². The third-order valence-electron chi connectivity index (χ3n) is 3.99. The molecular formula is C21H23N3O3. The van der Waals surface area contributed by atoms with E-state index in [1.165, 1.54) is 0 Å². The van der Waals surface area contributed by atoms with Gasteiger partial charge in [0.1, 0.15) is 23.9 Å². The lowest BCUT2D eigenvalue weighted by atomic mass is 10.1. The van der Waals surface area contributed by atoms with Gasteiger partial charge in [-0.2, -0.15) is 0 Å². The first-order chi connectivity index (χ1) is 13.0. The summed E-state index contributed by atoms with van der Waals surface area (Å²) in [6, 6.07) is 13.1. The molecule has 0 saturated carbocycles. The van der Waals surface area contributed by atoms with Crippen LogP contribution in [0.1, 0.15) is 17.0 Å². The third-order valence-corrected chi connectivity index (χ3v) is 3.99. The van der Waals surface area contributed by atoms with Crippen molar-refractivity contribution in [1.29, 1.82) is 0 Å². The van der Waals surface area contributed by atoms with Crippen molar-refractivity contribution in [2.45, 2.75) is 20.5 Å². The largest absolute Gasteiger partial charge is 0.486 e. The number of nitrogens with zero attached hydrogens (tertiary/aromatic N) is 2. The van der Waals surface area contributed by atoms with E-state index in [0.29, 0.717) is 23.8 Å². The molecule has 1 heterocycles. The number of aromatic nitrogens is 2. The Labute approximate surface area is 158 Å². The highest BCUT2D eigenvalue weighted by molar-refractivity contribution is 5.91. The van der Waals surface area contributed by atoms with Crippen molar-refractivity contribution >= 4 is 11.6 Å². The number of amides is 1. The third kappa shape index (κ3) is 5.34. The second kappa shape index (κ2) is 8.40. The summed E-state index contributed by atoms with van der Waals surface area (Å²) in [5, 5.41) is 2.81. The molecule has 0 bridgehead atoms. The van der Waals surface area contributed by atoms with Gasteiger partial charge in [0.2, 0.25) is 0 Å². The van der Waals surface area contributed by atoms with Crippen LogP contribution in [0.5, 0.6) is 11.5 Å². The summed E-state index contributed by atoms with van der Waals surface area (Å²) in [5.74, 6) is 2.04. The van der Waals surface area contributed by atoms with Gasteiger partial charge < -0.3 is 19.4 Å². The van der Waals surface area contributed by atoms with Crippen molar-refractivity contribution in [1.82, 2.24) is 9.55 Å². The van der Waals surface area contributed by atoms with Crippen LogP contribution in [-0.2, 0) is 18.4 Å². The number of hydrogen-bond donors (Lipinski definition) is 1. The van der Waals surface area contributed by atoms with Gasteiger partial charge in [0.05, 0.1) is 0 Å². The van der Waals surface area contributed by atoms with Gasteiger partial charge in [0, 0.05) is 25.1 Å². The van der Waals surface area contributed by atoms with Crippen molar-refractivity contribution in [3.05, 3.63) is 71.8 Å². The van der Waals surface area contributed by atoms with E-state index in [1.807, 2.05) is 55.9 Å². The number of carbonyl (C=O) groups excluding carboxylic acids is 1. The molecule has 3 rings (SSSR count). The molecule has 0 radical (unpaired) electrons. The van der Waals surface area contributed by atoms with Crippen LogP contribution in [0.15, 0.2) is 54.9 Å². The molecule has 2 aromatic carbocycles. The summed E-state index contributed by atoms with van der Waals surface area (Å²) >= 11 is 0. The fourth-order valence-corrected chi connectivity index (χ4v) is 2.68. The maximum Gasteiger partial charge on any atom is 0.262 e. The van der Waals surface area contributed by atoms with E-state index in [1.54, 1.807) is 18.3 Å². The normalized spacial score (nSPS) is 10.5. The number of hydrogen-bond acceptors (Lipinski definition) is 4. The first-order valence-corrected chi connectivity index (χ1v) is 8.69. The molecule has 0 saturated heterocycles. The second-order valence-electron chi connectivity index (χ2n) is 6.43. The number of anilines is 1. The van der Waals surface area contributed by atoms with E-state index < -0.39 is 0 Å². The van der Waals surface area contributed by atoms with E-state index in [-0.39, 0.29) is 12.5 Å². The molecule has 0 aliphatic heterocycles. The summed E-state index contributed by atoms with van der Waals surface area (Å²) in [6.07, 6.45) is 3.61. The zero-order valence-electron chi connectivity index (χ0n) is 15.7. The topological polar surface area (TPSA) is 65.4 Å². The predicted molar refractivity (Wildman–Crippen MR) is 104 cm³/mol.